The number of halogens is 1. The van der Waals surface area contributed by atoms with Crippen LogP contribution in [0.1, 0.15) is 12.6 Å². The average Bonchev–Trinajstić information content (AvgIpc) is 2.04. The zero-order chi connectivity index (χ0) is 9.14. The molecule has 0 saturated carbocycles. The van der Waals surface area contributed by atoms with Gasteiger partial charge < -0.3 is 4.74 Å². The van der Waals surface area contributed by atoms with Crippen LogP contribution < -0.4 is 4.74 Å². The molecule has 1 aromatic heterocycles. The van der Waals surface area contributed by atoms with E-state index in [1.165, 1.54) is 6.20 Å². The van der Waals surface area contributed by atoms with Gasteiger partial charge in [0.15, 0.2) is 5.75 Å². The Bertz CT molecular complexity index is 312. The molecular formula is C8H9ClN2O. The van der Waals surface area contributed by atoms with Gasteiger partial charge in [-0.05, 0) is 24.1 Å². The molecule has 0 aliphatic heterocycles. The van der Waals surface area contributed by atoms with E-state index >= 15 is 0 Å². The molecule has 1 aromatic rings. The van der Waals surface area contributed by atoms with E-state index < -0.39 is 0 Å². The first-order valence-corrected chi connectivity index (χ1v) is 3.75. The molecule has 0 aliphatic rings. The van der Waals surface area contributed by atoms with E-state index in [4.69, 9.17) is 16.3 Å². The van der Waals surface area contributed by atoms with E-state index in [2.05, 4.69) is 16.5 Å². The summed E-state index contributed by atoms with van der Waals surface area (Å²) < 4.78 is 5.02. The Hall–Kier alpha value is -1.09. The Kier molecular flexibility index (Phi) is 2.65. The zero-order valence-corrected chi connectivity index (χ0v) is 7.72. The highest BCUT2D eigenvalue weighted by atomic mass is 35.5. The number of hydrogen-bond donors (Lipinski definition) is 0. The van der Waals surface area contributed by atoms with Gasteiger partial charge >= 0.3 is 0 Å². The highest BCUT2D eigenvalue weighted by Gasteiger charge is 2.06. The minimum atomic E-state index is 0.203. The molecule has 0 atom stereocenters. The first kappa shape index (κ1) is 9.00. The first-order chi connectivity index (χ1) is 5.65. The van der Waals surface area contributed by atoms with Crippen molar-refractivity contribution in [3.8, 4) is 5.75 Å². The lowest BCUT2D eigenvalue weighted by molar-refractivity contribution is 0.409. The molecule has 0 fully saturated rings. The average molecular weight is 185 g/mol. The van der Waals surface area contributed by atoms with Crippen LogP contribution in [0.25, 0.3) is 5.57 Å². The van der Waals surface area contributed by atoms with Crippen LogP contribution in [0.15, 0.2) is 12.8 Å². The highest BCUT2D eigenvalue weighted by Crippen LogP contribution is 2.22. The number of hydrogen-bond acceptors (Lipinski definition) is 3. The molecule has 1 heterocycles. The summed E-state index contributed by atoms with van der Waals surface area (Å²) in [6.45, 7) is 5.58. The number of ether oxygens (including phenoxy) is 1. The van der Waals surface area contributed by atoms with Crippen molar-refractivity contribution in [2.24, 2.45) is 0 Å². The molecule has 3 nitrogen and oxygen atoms in total. The fraction of sp³-hybridized carbons (Fsp3) is 0.250. The van der Waals surface area contributed by atoms with Gasteiger partial charge in [0.05, 0.1) is 13.3 Å². The predicted molar refractivity (Wildman–Crippen MR) is 48.3 cm³/mol. The minimum Gasteiger partial charge on any atom is -0.493 e. The number of methoxy groups -OCH3 is 1. The third-order valence-electron chi connectivity index (χ3n) is 1.35. The van der Waals surface area contributed by atoms with Crippen molar-refractivity contribution in [2.75, 3.05) is 7.11 Å². The molecule has 0 radical (unpaired) electrons. The number of nitrogens with zero attached hydrogens (tertiary/aromatic N) is 2. The lowest BCUT2D eigenvalue weighted by Crippen LogP contribution is -1.95. The quantitative estimate of drug-likeness (QED) is 0.661. The van der Waals surface area contributed by atoms with Crippen molar-refractivity contribution in [3.05, 3.63) is 23.8 Å². The molecule has 0 N–H and O–H groups in total. The van der Waals surface area contributed by atoms with Crippen LogP contribution in [-0.2, 0) is 0 Å². The van der Waals surface area contributed by atoms with E-state index in [9.17, 15) is 0 Å². The van der Waals surface area contributed by atoms with Crippen LogP contribution in [0.4, 0.5) is 0 Å². The molecule has 0 aliphatic carbocycles. The highest BCUT2D eigenvalue weighted by molar-refractivity contribution is 6.28. The third kappa shape index (κ3) is 1.74. The Balaban J connectivity index is 3.21. The second-order valence-electron chi connectivity index (χ2n) is 2.34. The maximum atomic E-state index is 5.60. The van der Waals surface area contributed by atoms with Crippen LogP contribution in [0.3, 0.4) is 0 Å². The Morgan fingerprint density at radius 1 is 1.67 bits per heavy atom. The SMILES string of the molecule is C=C(C)c1nc(Cl)ncc1OC. The standard InChI is InChI=1S/C8H9ClN2O/c1-5(2)7-6(12-3)4-10-8(9)11-7/h4H,1H2,2-3H3. The van der Waals surface area contributed by atoms with Gasteiger partial charge in [-0.25, -0.2) is 9.97 Å². The van der Waals surface area contributed by atoms with Gasteiger partial charge in [-0.3, -0.25) is 0 Å². The van der Waals surface area contributed by atoms with E-state index in [1.807, 2.05) is 6.92 Å². The number of allylic oxidation sites excluding steroid dienone is 1. The van der Waals surface area contributed by atoms with Crippen molar-refractivity contribution in [3.63, 3.8) is 0 Å². The Labute approximate surface area is 76.1 Å². The minimum absolute atomic E-state index is 0.203. The topological polar surface area (TPSA) is 35.0 Å². The predicted octanol–water partition coefficient (Wildman–Crippen LogP) is 2.17. The molecule has 4 heteroatoms. The van der Waals surface area contributed by atoms with Crippen LogP contribution in [0.2, 0.25) is 5.28 Å². The molecule has 0 spiro atoms. The molecular weight excluding hydrogens is 176 g/mol. The van der Waals surface area contributed by atoms with E-state index in [0.29, 0.717) is 11.4 Å². The van der Waals surface area contributed by atoms with Gasteiger partial charge in [-0.1, -0.05) is 6.58 Å². The Morgan fingerprint density at radius 2 is 2.33 bits per heavy atom. The molecule has 0 saturated heterocycles. The van der Waals surface area contributed by atoms with Crippen LogP contribution >= 0.6 is 11.6 Å². The van der Waals surface area contributed by atoms with Gasteiger partial charge in [0.2, 0.25) is 5.28 Å². The van der Waals surface area contributed by atoms with E-state index in [-0.39, 0.29) is 5.28 Å². The van der Waals surface area contributed by atoms with Crippen molar-refractivity contribution in [2.45, 2.75) is 6.92 Å². The van der Waals surface area contributed by atoms with Gasteiger partial charge in [0, 0.05) is 0 Å². The summed E-state index contributed by atoms with van der Waals surface area (Å²) in [4.78, 5) is 7.75. The molecule has 0 unspecified atom stereocenters. The monoisotopic (exact) mass is 184 g/mol. The normalized spacial score (nSPS) is 9.58. The first-order valence-electron chi connectivity index (χ1n) is 3.37. The summed E-state index contributed by atoms with van der Waals surface area (Å²) in [7, 11) is 1.55. The molecule has 0 bridgehead atoms. The Morgan fingerprint density at radius 3 is 2.83 bits per heavy atom. The number of aromatic nitrogens is 2. The molecule has 0 aromatic carbocycles. The van der Waals surface area contributed by atoms with E-state index in [0.717, 1.165) is 5.57 Å². The lowest BCUT2D eigenvalue weighted by atomic mass is 10.2. The van der Waals surface area contributed by atoms with Crippen molar-refractivity contribution in [1.82, 2.24) is 9.97 Å². The van der Waals surface area contributed by atoms with Gasteiger partial charge in [-0.15, -0.1) is 0 Å². The third-order valence-corrected chi connectivity index (χ3v) is 1.53. The van der Waals surface area contributed by atoms with Crippen LogP contribution in [0.5, 0.6) is 5.75 Å². The molecule has 0 amide bonds. The summed E-state index contributed by atoms with van der Waals surface area (Å²) in [5.74, 6) is 0.590. The van der Waals surface area contributed by atoms with E-state index in [1.54, 1.807) is 7.11 Å². The molecule has 1 rings (SSSR count). The lowest BCUT2D eigenvalue weighted by Gasteiger charge is -2.05. The second-order valence-corrected chi connectivity index (χ2v) is 2.67. The summed E-state index contributed by atoms with van der Waals surface area (Å²) >= 11 is 5.60. The van der Waals surface area contributed by atoms with Crippen LogP contribution in [-0.4, -0.2) is 17.1 Å². The van der Waals surface area contributed by atoms with Crippen molar-refractivity contribution in [1.29, 1.82) is 0 Å². The van der Waals surface area contributed by atoms with Crippen molar-refractivity contribution >= 4 is 17.2 Å². The molecule has 64 valence electrons. The zero-order valence-electron chi connectivity index (χ0n) is 6.97. The molecule has 12 heavy (non-hydrogen) atoms. The summed E-state index contributed by atoms with van der Waals surface area (Å²) in [5, 5.41) is 0.203. The van der Waals surface area contributed by atoms with Gasteiger partial charge in [0.1, 0.15) is 5.69 Å². The summed E-state index contributed by atoms with van der Waals surface area (Å²) in [5.41, 5.74) is 1.45. The van der Waals surface area contributed by atoms with Gasteiger partial charge in [0.25, 0.3) is 0 Å². The van der Waals surface area contributed by atoms with Gasteiger partial charge in [-0.2, -0.15) is 0 Å². The second kappa shape index (κ2) is 3.54. The number of rotatable bonds is 2. The largest absolute Gasteiger partial charge is 0.493 e. The van der Waals surface area contributed by atoms with Crippen LogP contribution in [0, 0.1) is 0 Å². The maximum Gasteiger partial charge on any atom is 0.223 e. The summed E-state index contributed by atoms with van der Waals surface area (Å²) in [6.07, 6.45) is 1.53. The maximum absolute atomic E-state index is 5.60. The smallest absolute Gasteiger partial charge is 0.223 e. The fourth-order valence-electron chi connectivity index (χ4n) is 0.804. The summed E-state index contributed by atoms with van der Waals surface area (Å²) in [6, 6.07) is 0. The van der Waals surface area contributed by atoms with Crippen molar-refractivity contribution < 1.29 is 4.74 Å². The fourth-order valence-corrected chi connectivity index (χ4v) is 0.938.